The number of halogens is 3. The fourth-order valence-electron chi connectivity index (χ4n) is 3.34. The van der Waals surface area contributed by atoms with Crippen molar-refractivity contribution in [3.63, 3.8) is 0 Å². The molecule has 0 aromatic heterocycles. The second kappa shape index (κ2) is 8.04. The molecule has 2 aromatic carbocycles. The second-order valence-corrected chi connectivity index (χ2v) is 6.92. The molecule has 1 saturated heterocycles. The van der Waals surface area contributed by atoms with Crippen LogP contribution < -0.4 is 5.32 Å². The predicted octanol–water partition coefficient (Wildman–Crippen LogP) is 4.97. The number of nitrogens with one attached hydrogen (secondary N) is 1. The van der Waals surface area contributed by atoms with Crippen LogP contribution in [0.1, 0.15) is 52.5 Å². The van der Waals surface area contributed by atoms with Crippen molar-refractivity contribution in [2.24, 2.45) is 0 Å². The highest BCUT2D eigenvalue weighted by Crippen LogP contribution is 2.29. The highest BCUT2D eigenvalue weighted by Gasteiger charge is 2.30. The molecule has 1 heterocycles. The third-order valence-electron chi connectivity index (χ3n) is 4.94. The summed E-state index contributed by atoms with van der Waals surface area (Å²) in [6, 6.07) is 10.8. The van der Waals surface area contributed by atoms with Crippen LogP contribution in [0.2, 0.25) is 0 Å². The van der Waals surface area contributed by atoms with E-state index in [1.165, 1.54) is 0 Å². The van der Waals surface area contributed by atoms with Crippen molar-refractivity contribution in [2.75, 3.05) is 11.9 Å². The molecular formula is C21H21F3N2O2. The van der Waals surface area contributed by atoms with E-state index in [9.17, 15) is 22.8 Å². The molecular weight excluding hydrogens is 369 g/mol. The summed E-state index contributed by atoms with van der Waals surface area (Å²) in [6.45, 7) is 2.67. The van der Waals surface area contributed by atoms with E-state index < -0.39 is 17.6 Å². The summed E-state index contributed by atoms with van der Waals surface area (Å²) < 4.78 is 38.0. The van der Waals surface area contributed by atoms with Crippen molar-refractivity contribution < 1.29 is 22.8 Å². The predicted molar refractivity (Wildman–Crippen MR) is 100 cm³/mol. The summed E-state index contributed by atoms with van der Waals surface area (Å²) >= 11 is 0. The fourth-order valence-corrected chi connectivity index (χ4v) is 3.34. The normalized spacial score (nSPS) is 17.3. The molecule has 0 aliphatic carbocycles. The molecule has 2 aromatic rings. The largest absolute Gasteiger partial charge is 0.416 e. The molecule has 1 aliphatic rings. The first-order valence-electron chi connectivity index (χ1n) is 9.16. The van der Waals surface area contributed by atoms with Gasteiger partial charge in [-0.1, -0.05) is 12.1 Å². The number of hydrogen-bond donors (Lipinski definition) is 1. The Bertz CT molecular complexity index is 863. The summed E-state index contributed by atoms with van der Waals surface area (Å²) in [4.78, 5) is 27.2. The monoisotopic (exact) mass is 390 g/mol. The van der Waals surface area contributed by atoms with Gasteiger partial charge in [0, 0.05) is 18.2 Å². The Labute approximate surface area is 161 Å². The second-order valence-electron chi connectivity index (χ2n) is 6.92. The maximum Gasteiger partial charge on any atom is 0.416 e. The molecule has 4 nitrogen and oxygen atoms in total. The first kappa shape index (κ1) is 19.9. The van der Waals surface area contributed by atoms with Crippen molar-refractivity contribution >= 4 is 17.5 Å². The number of likely N-dealkylation sites (tertiary alicyclic amines) is 1. The third-order valence-corrected chi connectivity index (χ3v) is 4.94. The van der Waals surface area contributed by atoms with Crippen LogP contribution in [0.4, 0.5) is 18.9 Å². The topological polar surface area (TPSA) is 49.4 Å². The molecule has 1 atom stereocenters. The number of para-hydroxylation sites is 1. The Balaban J connectivity index is 1.79. The van der Waals surface area contributed by atoms with Gasteiger partial charge in [0.25, 0.3) is 11.8 Å². The van der Waals surface area contributed by atoms with Crippen molar-refractivity contribution in [1.82, 2.24) is 4.90 Å². The van der Waals surface area contributed by atoms with E-state index in [0.29, 0.717) is 17.8 Å². The first-order valence-corrected chi connectivity index (χ1v) is 9.16. The van der Waals surface area contributed by atoms with Gasteiger partial charge in [0.1, 0.15) is 0 Å². The van der Waals surface area contributed by atoms with Gasteiger partial charge in [-0.3, -0.25) is 9.59 Å². The smallest absolute Gasteiger partial charge is 0.336 e. The number of carbonyl (C=O) groups excluding carboxylic acids is 2. The molecule has 1 aliphatic heterocycles. The van der Waals surface area contributed by atoms with Gasteiger partial charge >= 0.3 is 6.18 Å². The standard InChI is InChI=1S/C21H21F3N2O2/c1-14-6-4-5-13-26(14)20(28)17-7-2-3-8-18(17)25-19(27)15-9-11-16(12-10-15)21(22,23)24/h2-3,7-12,14H,4-6,13H2,1H3,(H,25,27). The zero-order chi connectivity index (χ0) is 20.3. The molecule has 7 heteroatoms. The zero-order valence-corrected chi connectivity index (χ0v) is 15.4. The van der Waals surface area contributed by atoms with E-state index in [0.717, 1.165) is 43.5 Å². The van der Waals surface area contributed by atoms with Crippen molar-refractivity contribution in [1.29, 1.82) is 0 Å². The molecule has 1 unspecified atom stereocenters. The van der Waals surface area contributed by atoms with Crippen LogP contribution in [-0.4, -0.2) is 29.3 Å². The van der Waals surface area contributed by atoms with Crippen LogP contribution in [0.25, 0.3) is 0 Å². The highest BCUT2D eigenvalue weighted by atomic mass is 19.4. The molecule has 2 amide bonds. The Hall–Kier alpha value is -2.83. The van der Waals surface area contributed by atoms with Gasteiger partial charge in [0.2, 0.25) is 0 Å². The highest BCUT2D eigenvalue weighted by molar-refractivity contribution is 6.09. The van der Waals surface area contributed by atoms with Gasteiger partial charge in [0.15, 0.2) is 0 Å². The molecule has 28 heavy (non-hydrogen) atoms. The number of anilines is 1. The van der Waals surface area contributed by atoms with Crippen LogP contribution in [-0.2, 0) is 6.18 Å². The van der Waals surface area contributed by atoms with E-state index in [-0.39, 0.29) is 17.5 Å². The number of alkyl halides is 3. The summed E-state index contributed by atoms with van der Waals surface area (Å²) in [5.41, 5.74) is -0.0213. The van der Waals surface area contributed by atoms with Gasteiger partial charge in [-0.05, 0) is 62.6 Å². The molecule has 0 spiro atoms. The Morgan fingerprint density at radius 3 is 2.36 bits per heavy atom. The van der Waals surface area contributed by atoms with Gasteiger partial charge in [0.05, 0.1) is 16.8 Å². The lowest BCUT2D eigenvalue weighted by molar-refractivity contribution is -0.137. The first-order chi connectivity index (χ1) is 13.3. The summed E-state index contributed by atoms with van der Waals surface area (Å²) in [6.07, 6.45) is -1.50. The maximum absolute atomic E-state index is 13.0. The molecule has 148 valence electrons. The minimum atomic E-state index is -4.46. The lowest BCUT2D eigenvalue weighted by Gasteiger charge is -2.33. The molecule has 0 saturated carbocycles. The summed E-state index contributed by atoms with van der Waals surface area (Å²) in [7, 11) is 0. The van der Waals surface area contributed by atoms with Crippen LogP contribution in [0, 0.1) is 0 Å². The molecule has 0 bridgehead atoms. The fraction of sp³-hybridized carbons (Fsp3) is 0.333. The molecule has 1 N–H and O–H groups in total. The van der Waals surface area contributed by atoms with E-state index in [2.05, 4.69) is 5.32 Å². The van der Waals surface area contributed by atoms with Gasteiger partial charge in [-0.2, -0.15) is 13.2 Å². The number of piperidine rings is 1. The Kier molecular flexibility index (Phi) is 5.72. The number of benzene rings is 2. The van der Waals surface area contributed by atoms with Crippen LogP contribution >= 0.6 is 0 Å². The maximum atomic E-state index is 13.0. The molecule has 0 radical (unpaired) electrons. The number of rotatable bonds is 3. The van der Waals surface area contributed by atoms with E-state index >= 15 is 0 Å². The van der Waals surface area contributed by atoms with E-state index in [4.69, 9.17) is 0 Å². The number of amides is 2. The zero-order valence-electron chi connectivity index (χ0n) is 15.4. The number of carbonyl (C=O) groups is 2. The third kappa shape index (κ3) is 4.35. The molecule has 1 fully saturated rings. The average Bonchev–Trinajstić information content (AvgIpc) is 2.68. The van der Waals surface area contributed by atoms with Crippen molar-refractivity contribution in [2.45, 2.75) is 38.4 Å². The SMILES string of the molecule is CC1CCCCN1C(=O)c1ccccc1NC(=O)c1ccc(C(F)(F)F)cc1. The summed E-state index contributed by atoms with van der Waals surface area (Å²) in [5.74, 6) is -0.726. The average molecular weight is 390 g/mol. The quantitative estimate of drug-likeness (QED) is 0.804. The van der Waals surface area contributed by atoms with Crippen LogP contribution in [0.3, 0.4) is 0 Å². The summed E-state index contributed by atoms with van der Waals surface area (Å²) in [5, 5.41) is 2.65. The van der Waals surface area contributed by atoms with E-state index in [1.807, 2.05) is 6.92 Å². The number of nitrogens with zero attached hydrogens (tertiary/aromatic N) is 1. The lowest BCUT2D eigenvalue weighted by Crippen LogP contribution is -2.42. The number of hydrogen-bond acceptors (Lipinski definition) is 2. The van der Waals surface area contributed by atoms with E-state index in [1.54, 1.807) is 29.2 Å². The van der Waals surface area contributed by atoms with Crippen LogP contribution in [0.5, 0.6) is 0 Å². The van der Waals surface area contributed by atoms with Crippen LogP contribution in [0.15, 0.2) is 48.5 Å². The minimum Gasteiger partial charge on any atom is -0.336 e. The lowest BCUT2D eigenvalue weighted by atomic mass is 10.0. The minimum absolute atomic E-state index is 0.0848. The van der Waals surface area contributed by atoms with Crippen molar-refractivity contribution in [3.8, 4) is 0 Å². The Morgan fingerprint density at radius 1 is 1.04 bits per heavy atom. The van der Waals surface area contributed by atoms with Gasteiger partial charge in [-0.25, -0.2) is 0 Å². The molecule has 3 rings (SSSR count). The van der Waals surface area contributed by atoms with Gasteiger partial charge < -0.3 is 10.2 Å². The Morgan fingerprint density at radius 2 is 1.71 bits per heavy atom. The van der Waals surface area contributed by atoms with Crippen molar-refractivity contribution in [3.05, 3.63) is 65.2 Å². The van der Waals surface area contributed by atoms with Gasteiger partial charge in [-0.15, -0.1) is 0 Å².